The molecule has 5 aromatic heterocycles. The fraction of sp³-hybridized carbons (Fsp3) is 0. The molecule has 5 heterocycles. The highest BCUT2D eigenvalue weighted by Crippen LogP contribution is 2.46. The number of fused-ring (bicyclic) bond motifs is 12. The Morgan fingerprint density at radius 1 is 0.329 bits per heavy atom. The molecule has 0 unspecified atom stereocenters. The van der Waals surface area contributed by atoms with Crippen LogP contribution in [-0.2, 0) is 0 Å². The molecule has 0 aliphatic heterocycles. The van der Waals surface area contributed by atoms with Gasteiger partial charge in [0.15, 0.2) is 17.5 Å². The highest BCUT2D eigenvalue weighted by atomic mass is 32.1. The highest BCUT2D eigenvalue weighted by Gasteiger charge is 2.22. The number of thiophene rings is 1. The second kappa shape index (κ2) is 15.2. The molecule has 0 saturated carbocycles. The molecular weight excluding hydrogens is 877 g/mol. The average Bonchev–Trinajstić information content (AvgIpc) is 4.20. The van der Waals surface area contributed by atoms with Gasteiger partial charge in [0.1, 0.15) is 22.3 Å². The van der Waals surface area contributed by atoms with Gasteiger partial charge >= 0.3 is 0 Å². The number of para-hydroxylation sites is 4. The molecule has 0 bridgehead atoms. The monoisotopic (exact) mass is 912 g/mol. The van der Waals surface area contributed by atoms with Crippen LogP contribution < -0.4 is 0 Å². The molecule has 15 aromatic rings. The topological polar surface area (TPSA) is 69.9 Å². The molecule has 0 spiro atoms. The van der Waals surface area contributed by atoms with Gasteiger partial charge in [-0.25, -0.2) is 15.0 Å². The minimum absolute atomic E-state index is 0.568. The van der Waals surface area contributed by atoms with Crippen molar-refractivity contribution < 1.29 is 8.83 Å². The summed E-state index contributed by atoms with van der Waals surface area (Å²) in [4.78, 5) is 15.6. The number of hydrogen-bond acceptors (Lipinski definition) is 6. The molecule has 0 aliphatic carbocycles. The van der Waals surface area contributed by atoms with Crippen molar-refractivity contribution in [1.82, 2.24) is 19.5 Å². The number of hydrogen-bond donors (Lipinski definition) is 0. The second-order valence-corrected chi connectivity index (χ2v) is 18.9. The van der Waals surface area contributed by atoms with E-state index in [2.05, 4.69) is 168 Å². The summed E-state index contributed by atoms with van der Waals surface area (Å²) in [5, 5.41) is 9.11. The summed E-state index contributed by atoms with van der Waals surface area (Å²) < 4.78 is 18.0. The summed E-state index contributed by atoms with van der Waals surface area (Å²) in [6, 6.07) is 76.8. The van der Waals surface area contributed by atoms with Gasteiger partial charge in [-0.3, -0.25) is 0 Å². The van der Waals surface area contributed by atoms with Gasteiger partial charge in [0.05, 0.1) is 11.0 Å². The van der Waals surface area contributed by atoms with Gasteiger partial charge in [-0.15, -0.1) is 11.3 Å². The Morgan fingerprint density at radius 3 is 1.71 bits per heavy atom. The second-order valence-electron chi connectivity index (χ2n) is 17.9. The zero-order valence-electron chi connectivity index (χ0n) is 37.3. The number of nitrogens with zero attached hydrogens (tertiary/aromatic N) is 4. The molecule has 0 saturated heterocycles. The largest absolute Gasteiger partial charge is 0.456 e. The number of furan rings is 2. The Bertz CT molecular complexity index is 4550. The van der Waals surface area contributed by atoms with Crippen LogP contribution in [0.5, 0.6) is 0 Å². The van der Waals surface area contributed by atoms with E-state index in [1.807, 2.05) is 65.9 Å². The normalized spacial score (nSPS) is 12.0. The van der Waals surface area contributed by atoms with Crippen molar-refractivity contribution in [2.75, 3.05) is 0 Å². The van der Waals surface area contributed by atoms with Crippen molar-refractivity contribution in [3.8, 4) is 62.1 Å². The predicted octanol–water partition coefficient (Wildman–Crippen LogP) is 17.5. The summed E-state index contributed by atoms with van der Waals surface area (Å²) in [5.41, 5.74) is 13.8. The van der Waals surface area contributed by atoms with Crippen LogP contribution in [0.1, 0.15) is 0 Å². The van der Waals surface area contributed by atoms with Crippen molar-refractivity contribution in [2.24, 2.45) is 0 Å². The van der Waals surface area contributed by atoms with E-state index in [0.29, 0.717) is 17.5 Å². The molecule has 10 aromatic carbocycles. The van der Waals surface area contributed by atoms with Gasteiger partial charge in [-0.05, 0) is 71.3 Å². The van der Waals surface area contributed by atoms with Crippen molar-refractivity contribution in [1.29, 1.82) is 0 Å². The molecule has 7 heteroatoms. The minimum atomic E-state index is 0.568. The van der Waals surface area contributed by atoms with E-state index < -0.39 is 0 Å². The van der Waals surface area contributed by atoms with Crippen molar-refractivity contribution in [2.45, 2.75) is 0 Å². The maximum atomic E-state index is 6.68. The van der Waals surface area contributed by atoms with Gasteiger partial charge < -0.3 is 13.4 Å². The summed E-state index contributed by atoms with van der Waals surface area (Å²) >= 11 is 1.84. The third-order valence-corrected chi connectivity index (χ3v) is 15.0. The van der Waals surface area contributed by atoms with Crippen molar-refractivity contribution in [3.05, 3.63) is 218 Å². The van der Waals surface area contributed by atoms with E-state index >= 15 is 0 Å². The fourth-order valence-corrected chi connectivity index (χ4v) is 11.9. The van der Waals surface area contributed by atoms with E-state index in [0.717, 1.165) is 88.5 Å². The van der Waals surface area contributed by atoms with E-state index in [1.165, 1.54) is 42.0 Å². The lowest BCUT2D eigenvalue weighted by molar-refractivity contribution is 0.669. The third kappa shape index (κ3) is 5.95. The lowest BCUT2D eigenvalue weighted by Gasteiger charge is -2.13. The zero-order valence-corrected chi connectivity index (χ0v) is 38.1. The highest BCUT2D eigenvalue weighted by molar-refractivity contribution is 7.26. The van der Waals surface area contributed by atoms with Gasteiger partial charge in [-0.2, -0.15) is 0 Å². The Kier molecular flexibility index (Phi) is 8.43. The summed E-state index contributed by atoms with van der Waals surface area (Å²) in [6.07, 6.45) is 0. The van der Waals surface area contributed by atoms with E-state index in [-0.39, 0.29) is 0 Å². The zero-order chi connectivity index (χ0) is 45.9. The molecule has 0 radical (unpaired) electrons. The number of rotatable bonds is 6. The summed E-state index contributed by atoms with van der Waals surface area (Å²) in [5.74, 6) is 1.74. The SMILES string of the molecule is c1ccc(-c2nc(-c3ccc(-c4cccc5c4oc4ccccc45)cc3)nc(-c3cccc4oc5ccc(-c6cc(-n7c8ccccc8c8ccccc87)cc7sc8ccccc8c67)cc5c34)n2)cc1. The van der Waals surface area contributed by atoms with Gasteiger partial charge in [0.25, 0.3) is 0 Å². The Hall–Kier alpha value is -9.17. The van der Waals surface area contributed by atoms with Gasteiger partial charge in [-0.1, -0.05) is 164 Å². The molecular formula is C63H36N4O2S. The molecule has 6 nitrogen and oxygen atoms in total. The van der Waals surface area contributed by atoms with Crippen LogP contribution in [0, 0.1) is 0 Å². The molecule has 0 aliphatic rings. The predicted molar refractivity (Wildman–Crippen MR) is 289 cm³/mol. The molecule has 0 N–H and O–H groups in total. The minimum Gasteiger partial charge on any atom is -0.456 e. The van der Waals surface area contributed by atoms with Crippen molar-refractivity contribution >= 4 is 97.2 Å². The molecule has 0 atom stereocenters. The standard InChI is InChI=1S/C63H36N4O2S/c1-2-14-38(15-3-1)61-64-62(39-30-28-37(29-31-39)42-20-12-21-46-45-18-6-10-25-53(45)69-60(42)46)66-63(65-61)48-22-13-26-55-58(48)50-34-40(32-33-54(50)68-55)49-35-41(36-57-59(49)47-19-7-11-27-56(47)70-57)67-51-23-8-4-16-43(51)44-17-5-9-24-52(44)67/h1-36H. The van der Waals surface area contributed by atoms with Crippen LogP contribution in [0.4, 0.5) is 0 Å². The number of aromatic nitrogens is 4. The summed E-state index contributed by atoms with van der Waals surface area (Å²) in [6.45, 7) is 0. The quantitative estimate of drug-likeness (QED) is 0.166. The summed E-state index contributed by atoms with van der Waals surface area (Å²) in [7, 11) is 0. The van der Waals surface area contributed by atoms with Crippen LogP contribution in [0.25, 0.3) is 148 Å². The molecule has 15 rings (SSSR count). The maximum Gasteiger partial charge on any atom is 0.164 e. The fourth-order valence-electron chi connectivity index (χ4n) is 10.7. The first-order valence-electron chi connectivity index (χ1n) is 23.4. The van der Waals surface area contributed by atoms with Crippen LogP contribution in [0.3, 0.4) is 0 Å². The lowest BCUT2D eigenvalue weighted by atomic mass is 9.96. The first-order chi connectivity index (χ1) is 34.7. The van der Waals surface area contributed by atoms with E-state index in [4.69, 9.17) is 23.8 Å². The van der Waals surface area contributed by atoms with Crippen LogP contribution >= 0.6 is 11.3 Å². The third-order valence-electron chi connectivity index (χ3n) is 13.9. The van der Waals surface area contributed by atoms with Gasteiger partial charge in [0, 0.05) is 80.4 Å². The Labute approximate surface area is 404 Å². The molecule has 326 valence electrons. The van der Waals surface area contributed by atoms with E-state index in [1.54, 1.807) is 0 Å². The van der Waals surface area contributed by atoms with Gasteiger partial charge in [0.2, 0.25) is 0 Å². The van der Waals surface area contributed by atoms with Crippen LogP contribution in [0.2, 0.25) is 0 Å². The molecule has 0 amide bonds. The van der Waals surface area contributed by atoms with Crippen molar-refractivity contribution in [3.63, 3.8) is 0 Å². The first-order valence-corrected chi connectivity index (χ1v) is 24.2. The Balaban J connectivity index is 0.909. The smallest absolute Gasteiger partial charge is 0.164 e. The maximum absolute atomic E-state index is 6.68. The van der Waals surface area contributed by atoms with E-state index in [9.17, 15) is 0 Å². The van der Waals surface area contributed by atoms with Crippen LogP contribution in [0.15, 0.2) is 227 Å². The first kappa shape index (κ1) is 38.9. The Morgan fingerprint density at radius 2 is 0.914 bits per heavy atom. The average molecular weight is 913 g/mol. The molecule has 70 heavy (non-hydrogen) atoms. The number of benzene rings is 10. The molecule has 0 fully saturated rings. The van der Waals surface area contributed by atoms with Crippen LogP contribution in [-0.4, -0.2) is 19.5 Å². The lowest BCUT2D eigenvalue weighted by Crippen LogP contribution is -2.00.